The SMILES string of the molecule is CCC(C)C(NC(=O)CN(C)C(C)c1cccs1)C(=O)OC. The summed E-state index contributed by atoms with van der Waals surface area (Å²) in [5, 5.41) is 4.82. The third kappa shape index (κ3) is 5.10. The van der Waals surface area contributed by atoms with Crippen LogP contribution in [0.3, 0.4) is 0 Å². The number of carbonyl (C=O) groups is 2. The van der Waals surface area contributed by atoms with E-state index in [0.29, 0.717) is 0 Å². The second-order valence-electron chi connectivity index (χ2n) is 5.56. The smallest absolute Gasteiger partial charge is 0.328 e. The molecule has 1 aromatic heterocycles. The molecule has 1 N–H and O–H groups in total. The lowest BCUT2D eigenvalue weighted by atomic mass is 9.99. The van der Waals surface area contributed by atoms with Crippen LogP contribution in [0.1, 0.15) is 38.1 Å². The molecule has 0 aliphatic rings. The third-order valence-electron chi connectivity index (χ3n) is 3.99. The molecule has 0 aliphatic carbocycles. The fraction of sp³-hybridized carbons (Fsp3) is 0.625. The number of nitrogens with zero attached hydrogens (tertiary/aromatic N) is 1. The molecule has 0 aromatic carbocycles. The van der Waals surface area contributed by atoms with Crippen LogP contribution >= 0.6 is 11.3 Å². The highest BCUT2D eigenvalue weighted by atomic mass is 32.1. The summed E-state index contributed by atoms with van der Waals surface area (Å²) in [4.78, 5) is 27.2. The Labute approximate surface area is 136 Å². The summed E-state index contributed by atoms with van der Waals surface area (Å²) in [5.41, 5.74) is 0. The largest absolute Gasteiger partial charge is 0.467 e. The Balaban J connectivity index is 2.61. The third-order valence-corrected chi connectivity index (χ3v) is 5.04. The van der Waals surface area contributed by atoms with E-state index in [2.05, 4.69) is 18.3 Å². The summed E-state index contributed by atoms with van der Waals surface area (Å²) < 4.78 is 4.78. The number of rotatable bonds is 8. The number of nitrogens with one attached hydrogen (secondary N) is 1. The van der Waals surface area contributed by atoms with Crippen molar-refractivity contribution >= 4 is 23.2 Å². The molecule has 5 nitrogen and oxygen atoms in total. The van der Waals surface area contributed by atoms with Crippen molar-refractivity contribution < 1.29 is 14.3 Å². The van der Waals surface area contributed by atoms with E-state index < -0.39 is 12.0 Å². The Morgan fingerprint density at radius 2 is 2.09 bits per heavy atom. The predicted molar refractivity (Wildman–Crippen MR) is 88.8 cm³/mol. The zero-order chi connectivity index (χ0) is 16.7. The summed E-state index contributed by atoms with van der Waals surface area (Å²) in [6, 6.07) is 3.62. The molecule has 1 rings (SSSR count). The highest BCUT2D eigenvalue weighted by Gasteiger charge is 2.27. The monoisotopic (exact) mass is 326 g/mol. The first-order valence-corrected chi connectivity index (χ1v) is 8.39. The first-order valence-electron chi connectivity index (χ1n) is 7.51. The first-order chi connectivity index (χ1) is 10.4. The number of methoxy groups -OCH3 is 1. The second kappa shape index (κ2) is 8.90. The van der Waals surface area contributed by atoms with E-state index in [-0.39, 0.29) is 24.4 Å². The summed E-state index contributed by atoms with van der Waals surface area (Å²) in [7, 11) is 3.25. The summed E-state index contributed by atoms with van der Waals surface area (Å²) in [6.07, 6.45) is 0.793. The molecule has 0 bridgehead atoms. The lowest BCUT2D eigenvalue weighted by Gasteiger charge is -2.26. The van der Waals surface area contributed by atoms with Crippen molar-refractivity contribution in [1.82, 2.24) is 10.2 Å². The Morgan fingerprint density at radius 3 is 2.59 bits per heavy atom. The summed E-state index contributed by atoms with van der Waals surface area (Å²) >= 11 is 1.67. The maximum absolute atomic E-state index is 12.2. The number of esters is 1. The van der Waals surface area contributed by atoms with Crippen LogP contribution in [-0.4, -0.2) is 43.5 Å². The standard InChI is InChI=1S/C16H26N2O3S/c1-6-11(2)15(16(20)21-5)17-14(19)10-18(4)12(3)13-8-7-9-22-13/h7-9,11-12,15H,6,10H2,1-5H3,(H,17,19). The summed E-state index contributed by atoms with van der Waals surface area (Å²) in [5.74, 6) is -0.519. The molecule has 1 aromatic rings. The van der Waals surface area contributed by atoms with Crippen LogP contribution in [0.15, 0.2) is 17.5 Å². The molecule has 6 heteroatoms. The Morgan fingerprint density at radius 1 is 1.41 bits per heavy atom. The normalized spacial score (nSPS) is 15.2. The Bertz CT molecular complexity index is 476. The Kier molecular flexibility index (Phi) is 7.55. The van der Waals surface area contributed by atoms with Gasteiger partial charge in [-0.05, 0) is 31.3 Å². The molecule has 1 heterocycles. The maximum Gasteiger partial charge on any atom is 0.328 e. The van der Waals surface area contributed by atoms with E-state index in [4.69, 9.17) is 4.74 Å². The molecule has 1 amide bonds. The number of hydrogen-bond donors (Lipinski definition) is 1. The zero-order valence-corrected chi connectivity index (χ0v) is 14.8. The molecular formula is C16H26N2O3S. The molecule has 0 saturated heterocycles. The fourth-order valence-electron chi connectivity index (χ4n) is 2.12. The van der Waals surface area contributed by atoms with Gasteiger partial charge in [0.15, 0.2) is 0 Å². The lowest BCUT2D eigenvalue weighted by molar-refractivity contribution is -0.146. The van der Waals surface area contributed by atoms with Crippen LogP contribution in [0.5, 0.6) is 0 Å². The van der Waals surface area contributed by atoms with Gasteiger partial charge in [0.2, 0.25) is 5.91 Å². The molecule has 22 heavy (non-hydrogen) atoms. The van der Waals surface area contributed by atoms with Gasteiger partial charge in [0.05, 0.1) is 13.7 Å². The Hall–Kier alpha value is -1.40. The van der Waals surface area contributed by atoms with Gasteiger partial charge in [-0.25, -0.2) is 4.79 Å². The molecule has 124 valence electrons. The molecule has 0 fully saturated rings. The van der Waals surface area contributed by atoms with Crippen molar-refractivity contribution in [2.75, 3.05) is 20.7 Å². The van der Waals surface area contributed by atoms with Crippen molar-refractivity contribution in [1.29, 1.82) is 0 Å². The number of carbonyl (C=O) groups excluding carboxylic acids is 2. The molecule has 3 atom stereocenters. The number of thiophene rings is 1. The van der Waals surface area contributed by atoms with E-state index in [1.165, 1.54) is 12.0 Å². The zero-order valence-electron chi connectivity index (χ0n) is 14.0. The fourth-order valence-corrected chi connectivity index (χ4v) is 2.97. The van der Waals surface area contributed by atoms with E-state index >= 15 is 0 Å². The number of likely N-dealkylation sites (N-methyl/N-ethyl adjacent to an activating group) is 1. The highest BCUT2D eigenvalue weighted by molar-refractivity contribution is 7.10. The van der Waals surface area contributed by atoms with Crippen molar-refractivity contribution in [2.24, 2.45) is 5.92 Å². The number of amides is 1. The average Bonchev–Trinajstić information content (AvgIpc) is 3.04. The molecular weight excluding hydrogens is 300 g/mol. The minimum Gasteiger partial charge on any atom is -0.467 e. The predicted octanol–water partition coefficient (Wildman–Crippen LogP) is 2.44. The van der Waals surface area contributed by atoms with Gasteiger partial charge >= 0.3 is 5.97 Å². The van der Waals surface area contributed by atoms with Crippen LogP contribution in [0.2, 0.25) is 0 Å². The van der Waals surface area contributed by atoms with Crippen molar-refractivity contribution in [2.45, 2.75) is 39.3 Å². The van der Waals surface area contributed by atoms with Gasteiger partial charge in [0, 0.05) is 10.9 Å². The van der Waals surface area contributed by atoms with E-state index in [1.807, 2.05) is 37.2 Å². The van der Waals surface area contributed by atoms with Crippen molar-refractivity contribution in [3.8, 4) is 0 Å². The topological polar surface area (TPSA) is 58.6 Å². The van der Waals surface area contributed by atoms with E-state index in [0.717, 1.165) is 6.42 Å². The van der Waals surface area contributed by atoms with Gasteiger partial charge in [0.25, 0.3) is 0 Å². The molecule has 0 aliphatic heterocycles. The van der Waals surface area contributed by atoms with Crippen LogP contribution in [0.4, 0.5) is 0 Å². The molecule has 0 saturated carbocycles. The first kappa shape index (κ1) is 18.6. The molecule has 3 unspecified atom stereocenters. The van der Waals surface area contributed by atoms with Crippen molar-refractivity contribution in [3.63, 3.8) is 0 Å². The van der Waals surface area contributed by atoms with Gasteiger partial charge in [0.1, 0.15) is 6.04 Å². The van der Waals surface area contributed by atoms with Gasteiger partial charge < -0.3 is 10.1 Å². The average molecular weight is 326 g/mol. The van der Waals surface area contributed by atoms with Crippen molar-refractivity contribution in [3.05, 3.63) is 22.4 Å². The van der Waals surface area contributed by atoms with E-state index in [9.17, 15) is 9.59 Å². The van der Waals surface area contributed by atoms with Gasteiger partial charge in [-0.2, -0.15) is 0 Å². The quantitative estimate of drug-likeness (QED) is 0.746. The van der Waals surface area contributed by atoms with Gasteiger partial charge in [-0.15, -0.1) is 11.3 Å². The van der Waals surface area contributed by atoms with Crippen LogP contribution in [0.25, 0.3) is 0 Å². The molecule has 0 spiro atoms. The van der Waals surface area contributed by atoms with Crippen LogP contribution in [-0.2, 0) is 14.3 Å². The number of ether oxygens (including phenoxy) is 1. The minimum atomic E-state index is -0.590. The van der Waals surface area contributed by atoms with Gasteiger partial charge in [-0.1, -0.05) is 26.3 Å². The molecule has 0 radical (unpaired) electrons. The van der Waals surface area contributed by atoms with Crippen LogP contribution < -0.4 is 5.32 Å². The lowest BCUT2D eigenvalue weighted by Crippen LogP contribution is -2.48. The maximum atomic E-state index is 12.2. The van der Waals surface area contributed by atoms with E-state index in [1.54, 1.807) is 11.3 Å². The number of hydrogen-bond acceptors (Lipinski definition) is 5. The summed E-state index contributed by atoms with van der Waals surface area (Å²) in [6.45, 7) is 6.21. The van der Waals surface area contributed by atoms with Crippen LogP contribution in [0, 0.1) is 5.92 Å². The second-order valence-corrected chi connectivity index (χ2v) is 6.54. The van der Waals surface area contributed by atoms with Gasteiger partial charge in [-0.3, -0.25) is 9.69 Å². The minimum absolute atomic E-state index is 0.0384. The highest BCUT2D eigenvalue weighted by Crippen LogP contribution is 2.22.